The maximum Gasteiger partial charge on any atom is 0.233 e. The average molecular weight is 266 g/mol. The van der Waals surface area contributed by atoms with Gasteiger partial charge in [0, 0.05) is 13.5 Å². The van der Waals surface area contributed by atoms with Crippen LogP contribution in [-0.2, 0) is 16.1 Å². The molecule has 106 valence electrons. The van der Waals surface area contributed by atoms with Crippen LogP contribution >= 0.6 is 0 Å². The largest absolute Gasteiger partial charge is 0.494 e. The van der Waals surface area contributed by atoms with Crippen molar-refractivity contribution in [3.05, 3.63) is 29.8 Å². The molecule has 0 aromatic heterocycles. The summed E-state index contributed by atoms with van der Waals surface area (Å²) in [5.74, 6) is 5.73. The van der Waals surface area contributed by atoms with Gasteiger partial charge in [0.2, 0.25) is 5.91 Å². The molecule has 0 unspecified atom stereocenters. The van der Waals surface area contributed by atoms with Gasteiger partial charge in [0.25, 0.3) is 0 Å². The topological polar surface area (TPSA) is 73.6 Å². The van der Waals surface area contributed by atoms with E-state index in [0.717, 1.165) is 30.6 Å². The number of hydrazine groups is 1. The van der Waals surface area contributed by atoms with E-state index in [2.05, 4.69) is 5.43 Å². The molecule has 0 aliphatic rings. The Labute approximate surface area is 114 Å². The molecule has 0 saturated heterocycles. The number of hydrogen-bond acceptors (Lipinski definition) is 4. The lowest BCUT2D eigenvalue weighted by atomic mass is 10.2. The van der Waals surface area contributed by atoms with Gasteiger partial charge in [0.05, 0.1) is 13.2 Å². The van der Waals surface area contributed by atoms with Gasteiger partial charge in [-0.15, -0.1) is 0 Å². The van der Waals surface area contributed by atoms with Crippen molar-refractivity contribution in [3.63, 3.8) is 0 Å². The maximum atomic E-state index is 10.9. The molecule has 5 nitrogen and oxygen atoms in total. The van der Waals surface area contributed by atoms with Crippen LogP contribution in [0.15, 0.2) is 24.3 Å². The van der Waals surface area contributed by atoms with Gasteiger partial charge in [0.1, 0.15) is 5.75 Å². The molecular weight excluding hydrogens is 244 g/mol. The molecule has 1 aromatic carbocycles. The summed E-state index contributed by atoms with van der Waals surface area (Å²) in [5, 5.41) is 0. The fraction of sp³-hybridized carbons (Fsp3) is 0.500. The van der Waals surface area contributed by atoms with Crippen molar-refractivity contribution in [2.24, 2.45) is 5.84 Å². The molecule has 1 amide bonds. The van der Waals surface area contributed by atoms with Gasteiger partial charge < -0.3 is 9.47 Å². The van der Waals surface area contributed by atoms with Gasteiger partial charge in [-0.3, -0.25) is 10.2 Å². The Morgan fingerprint density at radius 2 is 2.16 bits per heavy atom. The molecule has 0 heterocycles. The molecule has 3 N–H and O–H groups in total. The molecule has 5 heteroatoms. The average Bonchev–Trinajstić information content (AvgIpc) is 2.43. The second-order valence-corrected chi connectivity index (χ2v) is 4.31. The fourth-order valence-corrected chi connectivity index (χ4v) is 1.72. The highest BCUT2D eigenvalue weighted by atomic mass is 16.5. The molecule has 1 rings (SSSR count). The highest BCUT2D eigenvalue weighted by Gasteiger charge is 1.99. The Kier molecular flexibility index (Phi) is 7.62. The molecule has 0 aliphatic heterocycles. The fourth-order valence-electron chi connectivity index (χ4n) is 1.72. The first-order valence-corrected chi connectivity index (χ1v) is 6.46. The first kappa shape index (κ1) is 15.5. The van der Waals surface area contributed by atoms with Crippen LogP contribution in [-0.4, -0.2) is 19.6 Å². The van der Waals surface area contributed by atoms with Crippen LogP contribution in [0.25, 0.3) is 0 Å². The molecule has 0 bridgehead atoms. The van der Waals surface area contributed by atoms with Crippen LogP contribution in [0.3, 0.4) is 0 Å². The third-order valence-electron chi connectivity index (χ3n) is 2.69. The molecule has 0 radical (unpaired) electrons. The zero-order chi connectivity index (χ0) is 13.9. The van der Waals surface area contributed by atoms with E-state index in [1.165, 1.54) is 0 Å². The van der Waals surface area contributed by atoms with Crippen LogP contribution in [0.1, 0.15) is 31.2 Å². The Morgan fingerprint density at radius 3 is 2.89 bits per heavy atom. The molecule has 0 fully saturated rings. The predicted octanol–water partition coefficient (Wildman–Crippen LogP) is 1.76. The van der Waals surface area contributed by atoms with E-state index in [9.17, 15) is 4.79 Å². The smallest absolute Gasteiger partial charge is 0.233 e. The van der Waals surface area contributed by atoms with Gasteiger partial charge in [0.15, 0.2) is 0 Å². The van der Waals surface area contributed by atoms with Crippen LogP contribution in [0.4, 0.5) is 0 Å². The third kappa shape index (κ3) is 6.79. The highest BCUT2D eigenvalue weighted by Crippen LogP contribution is 2.14. The number of carbonyl (C=O) groups excluding carboxylic acids is 1. The summed E-state index contributed by atoms with van der Waals surface area (Å²) in [6.45, 7) is 1.24. The van der Waals surface area contributed by atoms with E-state index in [1.807, 2.05) is 24.3 Å². The Hall–Kier alpha value is -1.59. The first-order chi connectivity index (χ1) is 9.26. The lowest BCUT2D eigenvalue weighted by Crippen LogP contribution is -2.29. The number of methoxy groups -OCH3 is 1. The number of rotatable bonds is 9. The molecule has 0 atom stereocenters. The Balaban J connectivity index is 2.15. The number of benzene rings is 1. The van der Waals surface area contributed by atoms with E-state index < -0.39 is 0 Å². The maximum absolute atomic E-state index is 10.9. The van der Waals surface area contributed by atoms with Crippen LogP contribution in [0.5, 0.6) is 5.75 Å². The summed E-state index contributed by atoms with van der Waals surface area (Å²) < 4.78 is 10.7. The minimum Gasteiger partial charge on any atom is -0.494 e. The minimum absolute atomic E-state index is 0.117. The van der Waals surface area contributed by atoms with E-state index in [4.69, 9.17) is 15.3 Å². The van der Waals surface area contributed by atoms with Gasteiger partial charge in [-0.05, 0) is 37.0 Å². The number of ether oxygens (including phenoxy) is 2. The number of nitrogens with one attached hydrogen (secondary N) is 1. The van der Waals surface area contributed by atoms with E-state index >= 15 is 0 Å². The zero-order valence-corrected chi connectivity index (χ0v) is 11.4. The summed E-state index contributed by atoms with van der Waals surface area (Å²) >= 11 is 0. The summed E-state index contributed by atoms with van der Waals surface area (Å²) in [6, 6.07) is 7.86. The summed E-state index contributed by atoms with van der Waals surface area (Å²) in [6.07, 6.45) is 3.17. The van der Waals surface area contributed by atoms with E-state index in [-0.39, 0.29) is 5.91 Å². The molecule has 0 spiro atoms. The van der Waals surface area contributed by atoms with E-state index in [0.29, 0.717) is 19.6 Å². The molecule has 1 aromatic rings. The number of nitrogens with two attached hydrogens (primary N) is 1. The van der Waals surface area contributed by atoms with Crippen molar-refractivity contribution in [2.45, 2.75) is 32.3 Å². The van der Waals surface area contributed by atoms with Crippen LogP contribution in [0, 0.1) is 0 Å². The quantitative estimate of drug-likeness (QED) is 0.309. The third-order valence-corrected chi connectivity index (χ3v) is 2.69. The van der Waals surface area contributed by atoms with Crippen LogP contribution < -0.4 is 16.0 Å². The summed E-state index contributed by atoms with van der Waals surface area (Å²) in [5.41, 5.74) is 3.21. The predicted molar refractivity (Wildman–Crippen MR) is 73.4 cm³/mol. The first-order valence-electron chi connectivity index (χ1n) is 6.46. The Bertz CT molecular complexity index is 383. The molecule has 0 saturated carbocycles. The highest BCUT2D eigenvalue weighted by molar-refractivity contribution is 5.74. The second-order valence-electron chi connectivity index (χ2n) is 4.31. The monoisotopic (exact) mass is 266 g/mol. The zero-order valence-electron chi connectivity index (χ0n) is 11.4. The standard InChI is InChI=1S/C14H22N2O3/c1-18-11-12-6-5-7-13(10-12)19-9-4-2-3-8-14(17)16-15/h5-7,10H,2-4,8-9,11,15H2,1H3,(H,16,17). The molecule has 0 aliphatic carbocycles. The van der Waals surface area contributed by atoms with Crippen molar-refractivity contribution < 1.29 is 14.3 Å². The van der Waals surface area contributed by atoms with E-state index in [1.54, 1.807) is 7.11 Å². The lowest BCUT2D eigenvalue weighted by molar-refractivity contribution is -0.121. The van der Waals surface area contributed by atoms with Crippen molar-refractivity contribution in [1.82, 2.24) is 5.43 Å². The number of unbranched alkanes of at least 4 members (excludes halogenated alkanes) is 2. The number of amides is 1. The van der Waals surface area contributed by atoms with Gasteiger partial charge >= 0.3 is 0 Å². The molecular formula is C14H22N2O3. The summed E-state index contributed by atoms with van der Waals surface area (Å²) in [7, 11) is 1.67. The van der Waals surface area contributed by atoms with Crippen molar-refractivity contribution in [3.8, 4) is 5.75 Å². The summed E-state index contributed by atoms with van der Waals surface area (Å²) in [4.78, 5) is 10.9. The van der Waals surface area contributed by atoms with Gasteiger partial charge in [-0.25, -0.2) is 5.84 Å². The SMILES string of the molecule is COCc1cccc(OCCCCCC(=O)NN)c1. The lowest BCUT2D eigenvalue weighted by Gasteiger charge is -2.07. The second kappa shape index (κ2) is 9.35. The van der Waals surface area contributed by atoms with Crippen LogP contribution in [0.2, 0.25) is 0 Å². The molecule has 19 heavy (non-hydrogen) atoms. The van der Waals surface area contributed by atoms with Crippen molar-refractivity contribution >= 4 is 5.91 Å². The van der Waals surface area contributed by atoms with Crippen molar-refractivity contribution in [2.75, 3.05) is 13.7 Å². The number of hydrogen-bond donors (Lipinski definition) is 2. The Morgan fingerprint density at radius 1 is 1.32 bits per heavy atom. The minimum atomic E-state index is -0.117. The van der Waals surface area contributed by atoms with Gasteiger partial charge in [-0.1, -0.05) is 12.1 Å². The normalized spacial score (nSPS) is 10.2. The van der Waals surface area contributed by atoms with Gasteiger partial charge in [-0.2, -0.15) is 0 Å². The number of carbonyl (C=O) groups is 1. The van der Waals surface area contributed by atoms with Crippen molar-refractivity contribution in [1.29, 1.82) is 0 Å².